The third kappa shape index (κ3) is 5.36. The summed E-state index contributed by atoms with van der Waals surface area (Å²) < 4.78 is 7.70. The summed E-state index contributed by atoms with van der Waals surface area (Å²) in [6, 6.07) is 16.1. The highest BCUT2D eigenvalue weighted by molar-refractivity contribution is 9.11. The van der Waals surface area contributed by atoms with Crippen LogP contribution >= 0.6 is 55.1 Å². The molecule has 0 spiro atoms. The third-order valence-corrected chi connectivity index (χ3v) is 6.83. The van der Waals surface area contributed by atoms with Crippen molar-refractivity contribution >= 4 is 84.7 Å². The Labute approximate surface area is 221 Å². The number of benzene rings is 3. The van der Waals surface area contributed by atoms with E-state index in [0.29, 0.717) is 17.9 Å². The molecule has 10 heteroatoms. The Kier molecular flexibility index (Phi) is 7.42. The number of carbonyl (C=O) groups excluding carboxylic acids is 3. The first-order valence-electron chi connectivity index (χ1n) is 9.76. The normalized spacial score (nSPS) is 15.0. The van der Waals surface area contributed by atoms with E-state index >= 15 is 0 Å². The second kappa shape index (κ2) is 10.3. The van der Waals surface area contributed by atoms with Gasteiger partial charge in [0.25, 0.3) is 11.8 Å². The maximum absolute atomic E-state index is 13.0. The molecule has 3 aromatic carbocycles. The number of carbonyl (C=O) groups is 3. The van der Waals surface area contributed by atoms with Crippen LogP contribution in [-0.4, -0.2) is 17.8 Å². The van der Waals surface area contributed by atoms with Crippen LogP contribution in [0.3, 0.4) is 0 Å². The smallest absolute Gasteiger partial charge is 0.335 e. The molecule has 3 aromatic rings. The minimum atomic E-state index is -0.867. The molecule has 0 atom stereocenters. The Balaban J connectivity index is 1.52. The van der Waals surface area contributed by atoms with Gasteiger partial charge in [-0.05, 0) is 54.1 Å². The van der Waals surface area contributed by atoms with Gasteiger partial charge in [-0.15, -0.1) is 0 Å². The summed E-state index contributed by atoms with van der Waals surface area (Å²) >= 11 is 18.9. The first-order valence-corrected chi connectivity index (χ1v) is 12.1. The predicted molar refractivity (Wildman–Crippen MR) is 138 cm³/mol. The van der Waals surface area contributed by atoms with Gasteiger partial charge in [0.05, 0.1) is 15.7 Å². The zero-order chi connectivity index (χ0) is 24.4. The molecule has 1 N–H and O–H groups in total. The number of urea groups is 1. The number of anilines is 1. The Morgan fingerprint density at radius 3 is 2.32 bits per heavy atom. The molecule has 0 unspecified atom stereocenters. The topological polar surface area (TPSA) is 75.7 Å². The van der Waals surface area contributed by atoms with E-state index in [1.54, 1.807) is 24.3 Å². The summed E-state index contributed by atoms with van der Waals surface area (Å²) in [5, 5.41) is 2.62. The molecule has 4 rings (SSSR count). The van der Waals surface area contributed by atoms with Gasteiger partial charge in [-0.1, -0.05) is 73.3 Å². The number of halogens is 4. The quantitative estimate of drug-likeness (QED) is 0.251. The van der Waals surface area contributed by atoms with E-state index in [0.717, 1.165) is 19.4 Å². The highest BCUT2D eigenvalue weighted by Crippen LogP contribution is 2.30. The van der Waals surface area contributed by atoms with Gasteiger partial charge in [0.2, 0.25) is 0 Å². The van der Waals surface area contributed by atoms with Gasteiger partial charge in [0.15, 0.2) is 0 Å². The number of rotatable bonds is 5. The van der Waals surface area contributed by atoms with Crippen LogP contribution in [-0.2, 0) is 16.2 Å². The summed E-state index contributed by atoms with van der Waals surface area (Å²) in [6.07, 6.45) is 1.41. The number of nitrogens with one attached hydrogen (secondary N) is 1. The van der Waals surface area contributed by atoms with Crippen LogP contribution in [0.2, 0.25) is 10.0 Å². The summed E-state index contributed by atoms with van der Waals surface area (Å²) in [5.74, 6) is -0.941. The average Bonchev–Trinajstić information content (AvgIpc) is 2.79. The Morgan fingerprint density at radius 2 is 1.65 bits per heavy atom. The minimum Gasteiger partial charge on any atom is -0.489 e. The van der Waals surface area contributed by atoms with E-state index in [1.165, 1.54) is 24.3 Å². The number of amides is 4. The van der Waals surface area contributed by atoms with Gasteiger partial charge in [-0.2, -0.15) is 0 Å². The molecule has 1 fully saturated rings. The van der Waals surface area contributed by atoms with Crippen molar-refractivity contribution in [1.82, 2.24) is 5.32 Å². The van der Waals surface area contributed by atoms with Gasteiger partial charge in [0.1, 0.15) is 17.9 Å². The molecule has 1 aliphatic rings. The van der Waals surface area contributed by atoms with Crippen molar-refractivity contribution in [3.63, 3.8) is 0 Å². The second-order valence-corrected chi connectivity index (χ2v) is 9.73. The molecular weight excluding hydrogens is 611 g/mol. The molecule has 1 saturated heterocycles. The van der Waals surface area contributed by atoms with Crippen LogP contribution in [0.4, 0.5) is 10.5 Å². The number of hydrogen-bond donors (Lipinski definition) is 1. The number of ether oxygens (including phenoxy) is 1. The van der Waals surface area contributed by atoms with Gasteiger partial charge in [-0.25, -0.2) is 9.69 Å². The van der Waals surface area contributed by atoms with Crippen molar-refractivity contribution < 1.29 is 19.1 Å². The molecule has 172 valence electrons. The van der Waals surface area contributed by atoms with E-state index < -0.39 is 17.8 Å². The van der Waals surface area contributed by atoms with Crippen LogP contribution in [0.15, 0.2) is 75.2 Å². The molecule has 34 heavy (non-hydrogen) atoms. The molecule has 1 aliphatic heterocycles. The molecule has 6 nitrogen and oxygen atoms in total. The van der Waals surface area contributed by atoms with Crippen molar-refractivity contribution in [2.24, 2.45) is 0 Å². The summed E-state index contributed by atoms with van der Waals surface area (Å²) in [4.78, 5) is 38.5. The van der Waals surface area contributed by atoms with Crippen LogP contribution in [0.5, 0.6) is 5.75 Å². The van der Waals surface area contributed by atoms with E-state index in [-0.39, 0.29) is 21.3 Å². The van der Waals surface area contributed by atoms with Crippen LogP contribution < -0.4 is 15.0 Å². The lowest BCUT2D eigenvalue weighted by atomic mass is 10.1. The predicted octanol–water partition coefficient (Wildman–Crippen LogP) is 6.76. The maximum atomic E-state index is 13.0. The lowest BCUT2D eigenvalue weighted by Gasteiger charge is -2.26. The van der Waals surface area contributed by atoms with E-state index in [9.17, 15) is 14.4 Å². The van der Waals surface area contributed by atoms with E-state index in [2.05, 4.69) is 37.2 Å². The molecule has 0 aromatic heterocycles. The van der Waals surface area contributed by atoms with Gasteiger partial charge in [0, 0.05) is 14.5 Å². The molecule has 0 radical (unpaired) electrons. The fraction of sp³-hybridized carbons (Fsp3) is 0.0417. The zero-order valence-electron chi connectivity index (χ0n) is 17.2. The summed E-state index contributed by atoms with van der Waals surface area (Å²) in [7, 11) is 0. The first kappa shape index (κ1) is 24.5. The van der Waals surface area contributed by atoms with Gasteiger partial charge < -0.3 is 4.74 Å². The number of barbiturate groups is 1. The largest absolute Gasteiger partial charge is 0.489 e. The van der Waals surface area contributed by atoms with Crippen molar-refractivity contribution in [3.8, 4) is 5.75 Å². The highest BCUT2D eigenvalue weighted by Gasteiger charge is 2.37. The second-order valence-electron chi connectivity index (χ2n) is 7.15. The number of hydrogen-bond acceptors (Lipinski definition) is 4. The van der Waals surface area contributed by atoms with E-state index in [1.807, 2.05) is 18.2 Å². The standard InChI is InChI=1S/C24H14Br2Cl2N2O4/c25-15-4-3-14(19(26)10-15)12-34-17-6-1-13(2-7-17)9-18-22(31)29-24(33)30(23(18)32)16-5-8-20(27)21(28)11-16/h1-11H,12H2,(H,29,31,33)/b18-9+. The third-order valence-electron chi connectivity index (χ3n) is 4.86. The monoisotopic (exact) mass is 622 g/mol. The Hall–Kier alpha value is -2.65. The summed E-state index contributed by atoms with van der Waals surface area (Å²) in [5.41, 5.74) is 1.56. The lowest BCUT2D eigenvalue weighted by Crippen LogP contribution is -2.54. The van der Waals surface area contributed by atoms with Crippen LogP contribution in [0.1, 0.15) is 11.1 Å². The SMILES string of the molecule is O=C1NC(=O)N(c2ccc(Cl)c(Cl)c2)C(=O)/C1=C/c1ccc(OCc2ccc(Br)cc2Br)cc1. The van der Waals surface area contributed by atoms with Crippen molar-refractivity contribution in [2.45, 2.75) is 6.61 Å². The van der Waals surface area contributed by atoms with E-state index in [4.69, 9.17) is 27.9 Å². The molecule has 4 amide bonds. The van der Waals surface area contributed by atoms with Crippen molar-refractivity contribution in [2.75, 3.05) is 4.90 Å². The molecular formula is C24H14Br2Cl2N2O4. The molecule has 0 aliphatic carbocycles. The molecule has 1 heterocycles. The van der Waals surface area contributed by atoms with Crippen molar-refractivity contribution in [1.29, 1.82) is 0 Å². The number of imide groups is 2. The van der Waals surface area contributed by atoms with Crippen molar-refractivity contribution in [3.05, 3.63) is 96.4 Å². The Morgan fingerprint density at radius 1 is 0.912 bits per heavy atom. The van der Waals surface area contributed by atoms with Gasteiger partial charge in [-0.3, -0.25) is 14.9 Å². The molecule has 0 bridgehead atoms. The minimum absolute atomic E-state index is 0.174. The van der Waals surface area contributed by atoms with Crippen LogP contribution in [0.25, 0.3) is 6.08 Å². The highest BCUT2D eigenvalue weighted by atomic mass is 79.9. The maximum Gasteiger partial charge on any atom is 0.335 e. The fourth-order valence-electron chi connectivity index (χ4n) is 3.14. The molecule has 0 saturated carbocycles. The number of nitrogens with zero attached hydrogens (tertiary/aromatic N) is 1. The summed E-state index contributed by atoms with van der Waals surface area (Å²) in [6.45, 7) is 0.357. The average molecular weight is 625 g/mol. The zero-order valence-corrected chi connectivity index (χ0v) is 21.8. The Bertz CT molecular complexity index is 1340. The lowest BCUT2D eigenvalue weighted by molar-refractivity contribution is -0.122. The fourth-order valence-corrected chi connectivity index (χ4v) is 4.60. The van der Waals surface area contributed by atoms with Crippen LogP contribution in [0, 0.1) is 0 Å². The van der Waals surface area contributed by atoms with Gasteiger partial charge >= 0.3 is 6.03 Å². The first-order chi connectivity index (χ1) is 16.2.